The van der Waals surface area contributed by atoms with E-state index in [1.54, 1.807) is 6.92 Å². The van der Waals surface area contributed by atoms with Crippen LogP contribution >= 0.6 is 11.6 Å². The summed E-state index contributed by atoms with van der Waals surface area (Å²) >= 11 is 6.19. The van der Waals surface area contributed by atoms with Gasteiger partial charge >= 0.3 is 5.97 Å². The summed E-state index contributed by atoms with van der Waals surface area (Å²) < 4.78 is 4.99. The summed E-state index contributed by atoms with van der Waals surface area (Å²) in [5.41, 5.74) is 2.70. The van der Waals surface area contributed by atoms with Crippen LogP contribution < -0.4 is 0 Å². The molecule has 0 aromatic heterocycles. The molecule has 0 radical (unpaired) electrons. The second kappa shape index (κ2) is 8.57. The molecule has 0 bridgehead atoms. The Kier molecular flexibility index (Phi) is 6.75. The van der Waals surface area contributed by atoms with Crippen LogP contribution in [0.3, 0.4) is 0 Å². The molecule has 1 fully saturated rings. The van der Waals surface area contributed by atoms with Crippen LogP contribution in [0.4, 0.5) is 0 Å². The molecule has 1 aromatic carbocycles. The molecule has 0 aliphatic heterocycles. The first-order valence-corrected chi connectivity index (χ1v) is 8.95. The largest absolute Gasteiger partial charge is 0.465 e. The van der Waals surface area contributed by atoms with Gasteiger partial charge in [-0.15, -0.1) is 11.6 Å². The number of hydrogen-bond donors (Lipinski definition) is 0. The standard InChI is InChI=1S/C19H27ClO2/c1-3-22-19(21)18(20)14(2)13-15-9-11-17(12-10-15)16-7-5-4-6-8-16/h9-12,14,16,18H,3-8,13H2,1-2H3. The van der Waals surface area contributed by atoms with Crippen LogP contribution in [0.5, 0.6) is 0 Å². The maximum Gasteiger partial charge on any atom is 0.324 e. The minimum Gasteiger partial charge on any atom is -0.465 e. The maximum atomic E-state index is 11.7. The molecule has 3 heteroatoms. The van der Waals surface area contributed by atoms with E-state index in [-0.39, 0.29) is 11.9 Å². The second-order valence-corrected chi connectivity index (χ2v) is 6.88. The van der Waals surface area contributed by atoms with E-state index in [0.29, 0.717) is 6.61 Å². The van der Waals surface area contributed by atoms with Crippen molar-refractivity contribution in [1.82, 2.24) is 0 Å². The molecule has 0 heterocycles. The fourth-order valence-electron chi connectivity index (χ4n) is 3.29. The summed E-state index contributed by atoms with van der Waals surface area (Å²) in [6, 6.07) is 8.89. The lowest BCUT2D eigenvalue weighted by molar-refractivity contribution is -0.143. The zero-order valence-electron chi connectivity index (χ0n) is 13.7. The van der Waals surface area contributed by atoms with E-state index in [9.17, 15) is 4.79 Å². The van der Waals surface area contributed by atoms with E-state index in [2.05, 4.69) is 24.3 Å². The van der Waals surface area contributed by atoms with Crippen molar-refractivity contribution >= 4 is 17.6 Å². The molecule has 2 unspecified atom stereocenters. The van der Waals surface area contributed by atoms with Crippen molar-refractivity contribution in [1.29, 1.82) is 0 Å². The zero-order valence-corrected chi connectivity index (χ0v) is 14.4. The normalized spacial score (nSPS) is 18.7. The van der Waals surface area contributed by atoms with Gasteiger partial charge in [0.15, 0.2) is 0 Å². The molecule has 2 atom stereocenters. The van der Waals surface area contributed by atoms with Gasteiger partial charge in [0.05, 0.1) is 6.61 Å². The fourth-order valence-corrected chi connectivity index (χ4v) is 3.44. The lowest BCUT2D eigenvalue weighted by atomic mass is 9.83. The van der Waals surface area contributed by atoms with Gasteiger partial charge in [0.25, 0.3) is 0 Å². The van der Waals surface area contributed by atoms with Gasteiger partial charge in [0.2, 0.25) is 0 Å². The molecule has 1 aromatic rings. The van der Waals surface area contributed by atoms with Gasteiger partial charge in [0, 0.05) is 0 Å². The highest BCUT2D eigenvalue weighted by atomic mass is 35.5. The molecule has 2 nitrogen and oxygen atoms in total. The summed E-state index contributed by atoms with van der Waals surface area (Å²) in [7, 11) is 0. The van der Waals surface area contributed by atoms with Crippen LogP contribution in [0.25, 0.3) is 0 Å². The van der Waals surface area contributed by atoms with Crippen molar-refractivity contribution in [2.75, 3.05) is 6.61 Å². The molecule has 2 rings (SSSR count). The first-order valence-electron chi connectivity index (χ1n) is 8.51. The molecular formula is C19H27ClO2. The molecule has 1 aliphatic carbocycles. The smallest absolute Gasteiger partial charge is 0.324 e. The number of carbonyl (C=O) groups is 1. The van der Waals surface area contributed by atoms with Crippen molar-refractivity contribution in [2.45, 2.75) is 63.7 Å². The van der Waals surface area contributed by atoms with E-state index in [0.717, 1.165) is 12.3 Å². The van der Waals surface area contributed by atoms with E-state index < -0.39 is 5.38 Å². The Bertz CT molecular complexity index is 463. The summed E-state index contributed by atoms with van der Waals surface area (Å²) in [6.07, 6.45) is 7.55. The molecule has 122 valence electrons. The number of alkyl halides is 1. The van der Waals surface area contributed by atoms with Crippen LogP contribution in [0.15, 0.2) is 24.3 Å². The second-order valence-electron chi connectivity index (χ2n) is 6.41. The maximum absolute atomic E-state index is 11.7. The quantitative estimate of drug-likeness (QED) is 0.539. The Labute approximate surface area is 139 Å². The average Bonchev–Trinajstić information content (AvgIpc) is 2.56. The fraction of sp³-hybridized carbons (Fsp3) is 0.632. The van der Waals surface area contributed by atoms with Crippen LogP contribution in [-0.2, 0) is 16.0 Å². The van der Waals surface area contributed by atoms with Crippen molar-refractivity contribution in [2.24, 2.45) is 5.92 Å². The zero-order chi connectivity index (χ0) is 15.9. The Morgan fingerprint density at radius 3 is 2.45 bits per heavy atom. The van der Waals surface area contributed by atoms with Crippen molar-refractivity contribution in [3.63, 3.8) is 0 Å². The van der Waals surface area contributed by atoms with Crippen LogP contribution in [-0.4, -0.2) is 18.0 Å². The summed E-state index contributed by atoms with van der Waals surface area (Å²) in [5, 5.41) is -0.571. The summed E-state index contributed by atoms with van der Waals surface area (Å²) in [6.45, 7) is 4.19. The number of esters is 1. The number of ether oxygens (including phenoxy) is 1. The molecule has 0 N–H and O–H groups in total. The molecule has 0 saturated heterocycles. The molecule has 0 amide bonds. The SMILES string of the molecule is CCOC(=O)C(Cl)C(C)Cc1ccc(C2CCCCC2)cc1. The molecule has 22 heavy (non-hydrogen) atoms. The van der Waals surface area contributed by atoms with E-state index in [1.807, 2.05) is 6.92 Å². The first-order chi connectivity index (χ1) is 10.6. The number of rotatable bonds is 6. The Hall–Kier alpha value is -1.02. The average molecular weight is 323 g/mol. The number of halogens is 1. The minimum atomic E-state index is -0.571. The highest BCUT2D eigenvalue weighted by Gasteiger charge is 2.24. The van der Waals surface area contributed by atoms with E-state index in [4.69, 9.17) is 16.3 Å². The van der Waals surface area contributed by atoms with Crippen LogP contribution in [0, 0.1) is 5.92 Å². The highest BCUT2D eigenvalue weighted by molar-refractivity contribution is 6.30. The number of benzene rings is 1. The third kappa shape index (κ3) is 4.74. The molecule has 1 saturated carbocycles. The summed E-state index contributed by atoms with van der Waals surface area (Å²) in [5.74, 6) is 0.497. The molecule has 1 aliphatic rings. The van der Waals surface area contributed by atoms with Crippen LogP contribution in [0.1, 0.15) is 63.0 Å². The third-order valence-electron chi connectivity index (χ3n) is 4.63. The summed E-state index contributed by atoms with van der Waals surface area (Å²) in [4.78, 5) is 11.7. The van der Waals surface area contributed by atoms with Gasteiger partial charge < -0.3 is 4.74 Å². The minimum absolute atomic E-state index is 0.0706. The predicted octanol–water partition coefficient (Wildman–Crippen LogP) is 5.08. The first kappa shape index (κ1) is 17.3. The lowest BCUT2D eigenvalue weighted by Gasteiger charge is -2.22. The molecular weight excluding hydrogens is 296 g/mol. The van der Waals surface area contributed by atoms with Gasteiger partial charge in [-0.2, -0.15) is 0 Å². The lowest BCUT2D eigenvalue weighted by Crippen LogP contribution is -2.26. The Balaban J connectivity index is 1.91. The van der Waals surface area contributed by atoms with Gasteiger partial charge in [-0.3, -0.25) is 4.79 Å². The topological polar surface area (TPSA) is 26.3 Å². The monoisotopic (exact) mass is 322 g/mol. The Morgan fingerprint density at radius 1 is 1.23 bits per heavy atom. The predicted molar refractivity (Wildman–Crippen MR) is 91.4 cm³/mol. The van der Waals surface area contributed by atoms with Gasteiger partial charge in [0.1, 0.15) is 5.38 Å². The molecule has 0 spiro atoms. The van der Waals surface area contributed by atoms with E-state index in [1.165, 1.54) is 43.2 Å². The van der Waals surface area contributed by atoms with Gasteiger partial charge in [-0.1, -0.05) is 50.5 Å². The number of carbonyl (C=O) groups excluding carboxylic acids is 1. The van der Waals surface area contributed by atoms with Gasteiger partial charge in [-0.05, 0) is 49.1 Å². The number of hydrogen-bond acceptors (Lipinski definition) is 2. The van der Waals surface area contributed by atoms with Crippen molar-refractivity contribution in [3.8, 4) is 0 Å². The Morgan fingerprint density at radius 2 is 1.86 bits per heavy atom. The van der Waals surface area contributed by atoms with Crippen molar-refractivity contribution in [3.05, 3.63) is 35.4 Å². The highest BCUT2D eigenvalue weighted by Crippen LogP contribution is 2.32. The van der Waals surface area contributed by atoms with Gasteiger partial charge in [-0.25, -0.2) is 0 Å². The van der Waals surface area contributed by atoms with Crippen molar-refractivity contribution < 1.29 is 9.53 Å². The van der Waals surface area contributed by atoms with Crippen LogP contribution in [0.2, 0.25) is 0 Å². The van der Waals surface area contributed by atoms with E-state index >= 15 is 0 Å². The third-order valence-corrected chi connectivity index (χ3v) is 5.23.